The highest BCUT2D eigenvalue weighted by Crippen LogP contribution is 2.05. The molecule has 0 saturated heterocycles. The topological polar surface area (TPSA) is 38.0 Å². The highest BCUT2D eigenvalue weighted by atomic mass is 14.9. The molecule has 2 heteroatoms. The van der Waals surface area contributed by atoms with Gasteiger partial charge in [0.1, 0.15) is 0 Å². The molecular formula is C14H32N2. The standard InChI is InChI=1S/C14H32N2/c1-3-5-6-7-8-9-11-16-13-14(12-15)10-4-2/h14,16H,3-13,15H2,1-2H3. The van der Waals surface area contributed by atoms with Crippen molar-refractivity contribution >= 4 is 0 Å². The van der Waals surface area contributed by atoms with Crippen LogP contribution in [0.2, 0.25) is 0 Å². The van der Waals surface area contributed by atoms with Gasteiger partial charge in [-0.3, -0.25) is 0 Å². The van der Waals surface area contributed by atoms with Gasteiger partial charge in [-0.25, -0.2) is 0 Å². The molecule has 0 aliphatic rings. The summed E-state index contributed by atoms with van der Waals surface area (Å²) in [6.07, 6.45) is 10.8. The molecule has 0 bridgehead atoms. The van der Waals surface area contributed by atoms with Crippen LogP contribution < -0.4 is 11.1 Å². The van der Waals surface area contributed by atoms with E-state index in [9.17, 15) is 0 Å². The first kappa shape index (κ1) is 15.9. The van der Waals surface area contributed by atoms with E-state index in [4.69, 9.17) is 5.73 Å². The van der Waals surface area contributed by atoms with Gasteiger partial charge in [-0.2, -0.15) is 0 Å². The normalized spacial score (nSPS) is 12.9. The smallest absolute Gasteiger partial charge is 0.000846 e. The summed E-state index contributed by atoms with van der Waals surface area (Å²) in [5.74, 6) is 0.685. The molecule has 0 saturated carbocycles. The molecule has 0 fully saturated rings. The number of hydrogen-bond acceptors (Lipinski definition) is 2. The molecule has 0 aliphatic carbocycles. The summed E-state index contributed by atoms with van der Waals surface area (Å²) in [5.41, 5.74) is 5.71. The molecule has 3 N–H and O–H groups in total. The maximum Gasteiger partial charge on any atom is -0.000846 e. The molecule has 0 aromatic rings. The van der Waals surface area contributed by atoms with Gasteiger partial charge in [0.05, 0.1) is 0 Å². The second kappa shape index (κ2) is 13.0. The first-order chi connectivity index (χ1) is 7.85. The van der Waals surface area contributed by atoms with Crippen molar-refractivity contribution in [2.24, 2.45) is 11.7 Å². The predicted molar refractivity (Wildman–Crippen MR) is 73.7 cm³/mol. The van der Waals surface area contributed by atoms with E-state index in [2.05, 4.69) is 19.2 Å². The SMILES string of the molecule is CCCCCCCCNCC(CN)CCC. The van der Waals surface area contributed by atoms with Gasteiger partial charge < -0.3 is 11.1 Å². The summed E-state index contributed by atoms with van der Waals surface area (Å²) in [7, 11) is 0. The number of unbranched alkanes of at least 4 members (excludes halogenated alkanes) is 5. The highest BCUT2D eigenvalue weighted by Gasteiger charge is 2.03. The first-order valence-corrected chi connectivity index (χ1v) is 7.25. The lowest BCUT2D eigenvalue weighted by atomic mass is 10.0. The zero-order valence-corrected chi connectivity index (χ0v) is 11.4. The minimum absolute atomic E-state index is 0.685. The fourth-order valence-electron chi connectivity index (χ4n) is 2.05. The molecule has 16 heavy (non-hydrogen) atoms. The van der Waals surface area contributed by atoms with E-state index in [1.807, 2.05) is 0 Å². The minimum atomic E-state index is 0.685. The Balaban J connectivity index is 3.12. The Morgan fingerprint density at radius 2 is 1.62 bits per heavy atom. The molecule has 0 spiro atoms. The molecule has 0 aromatic carbocycles. The third kappa shape index (κ3) is 10.4. The second-order valence-electron chi connectivity index (χ2n) is 4.86. The second-order valence-corrected chi connectivity index (χ2v) is 4.86. The summed E-state index contributed by atoms with van der Waals surface area (Å²) < 4.78 is 0. The Kier molecular flexibility index (Phi) is 12.9. The third-order valence-corrected chi connectivity index (χ3v) is 3.17. The van der Waals surface area contributed by atoms with Crippen molar-refractivity contribution in [1.82, 2.24) is 5.32 Å². The lowest BCUT2D eigenvalue weighted by molar-refractivity contribution is 0.443. The van der Waals surface area contributed by atoms with E-state index in [1.54, 1.807) is 0 Å². The summed E-state index contributed by atoms with van der Waals surface area (Å²) in [5, 5.41) is 3.53. The zero-order valence-electron chi connectivity index (χ0n) is 11.4. The average molecular weight is 228 g/mol. The Morgan fingerprint density at radius 3 is 2.25 bits per heavy atom. The predicted octanol–water partition coefficient (Wildman–Crippen LogP) is 3.31. The van der Waals surface area contributed by atoms with Gasteiger partial charge in [0.2, 0.25) is 0 Å². The zero-order chi connectivity index (χ0) is 12.1. The van der Waals surface area contributed by atoms with Crippen molar-refractivity contribution < 1.29 is 0 Å². The molecule has 0 radical (unpaired) electrons. The highest BCUT2D eigenvalue weighted by molar-refractivity contribution is 4.62. The summed E-state index contributed by atoms with van der Waals surface area (Å²) in [4.78, 5) is 0. The number of hydrogen-bond donors (Lipinski definition) is 2. The molecule has 1 atom stereocenters. The molecule has 98 valence electrons. The van der Waals surface area contributed by atoms with Crippen molar-refractivity contribution in [3.63, 3.8) is 0 Å². The number of nitrogens with one attached hydrogen (secondary N) is 1. The Hall–Kier alpha value is -0.0800. The summed E-state index contributed by atoms with van der Waals surface area (Å²) in [6.45, 7) is 7.61. The van der Waals surface area contributed by atoms with Crippen LogP contribution in [0.1, 0.15) is 65.2 Å². The maximum atomic E-state index is 5.71. The van der Waals surface area contributed by atoms with Gasteiger partial charge in [0, 0.05) is 0 Å². The van der Waals surface area contributed by atoms with E-state index in [0.717, 1.165) is 13.1 Å². The van der Waals surface area contributed by atoms with Crippen LogP contribution in [-0.2, 0) is 0 Å². The van der Waals surface area contributed by atoms with E-state index in [1.165, 1.54) is 57.9 Å². The molecule has 0 heterocycles. The van der Waals surface area contributed by atoms with Gasteiger partial charge in [0.15, 0.2) is 0 Å². The number of rotatable bonds is 12. The number of nitrogens with two attached hydrogens (primary N) is 1. The Labute approximate surface area is 102 Å². The van der Waals surface area contributed by atoms with Gasteiger partial charge in [-0.15, -0.1) is 0 Å². The van der Waals surface area contributed by atoms with Crippen LogP contribution in [0.4, 0.5) is 0 Å². The molecule has 0 aliphatic heterocycles. The fourth-order valence-corrected chi connectivity index (χ4v) is 2.05. The molecule has 0 aromatic heterocycles. The quantitative estimate of drug-likeness (QED) is 0.503. The van der Waals surface area contributed by atoms with Gasteiger partial charge in [-0.05, 0) is 38.4 Å². The largest absolute Gasteiger partial charge is 0.330 e. The van der Waals surface area contributed by atoms with E-state index < -0.39 is 0 Å². The molecule has 2 nitrogen and oxygen atoms in total. The van der Waals surface area contributed by atoms with E-state index in [0.29, 0.717) is 5.92 Å². The third-order valence-electron chi connectivity index (χ3n) is 3.17. The van der Waals surface area contributed by atoms with Crippen molar-refractivity contribution in [2.45, 2.75) is 65.2 Å². The van der Waals surface area contributed by atoms with Crippen LogP contribution in [0.3, 0.4) is 0 Å². The maximum absolute atomic E-state index is 5.71. The van der Waals surface area contributed by atoms with Crippen molar-refractivity contribution in [2.75, 3.05) is 19.6 Å². The van der Waals surface area contributed by atoms with Crippen LogP contribution >= 0.6 is 0 Å². The van der Waals surface area contributed by atoms with Crippen molar-refractivity contribution in [3.8, 4) is 0 Å². The van der Waals surface area contributed by atoms with Crippen molar-refractivity contribution in [3.05, 3.63) is 0 Å². The Bertz CT molecular complexity index is 126. The Morgan fingerprint density at radius 1 is 0.938 bits per heavy atom. The lowest BCUT2D eigenvalue weighted by Gasteiger charge is -2.14. The van der Waals surface area contributed by atoms with Gasteiger partial charge in [0.25, 0.3) is 0 Å². The fraction of sp³-hybridized carbons (Fsp3) is 1.00. The molecule has 0 rings (SSSR count). The minimum Gasteiger partial charge on any atom is -0.330 e. The van der Waals surface area contributed by atoms with Crippen LogP contribution in [0.15, 0.2) is 0 Å². The average Bonchev–Trinajstić information content (AvgIpc) is 2.31. The van der Waals surface area contributed by atoms with Crippen molar-refractivity contribution in [1.29, 1.82) is 0 Å². The molecule has 1 unspecified atom stereocenters. The summed E-state index contributed by atoms with van der Waals surface area (Å²) >= 11 is 0. The van der Waals surface area contributed by atoms with Crippen LogP contribution in [0.25, 0.3) is 0 Å². The van der Waals surface area contributed by atoms with Crippen LogP contribution in [0, 0.1) is 5.92 Å². The van der Waals surface area contributed by atoms with Crippen LogP contribution in [-0.4, -0.2) is 19.6 Å². The first-order valence-electron chi connectivity index (χ1n) is 7.25. The van der Waals surface area contributed by atoms with Gasteiger partial charge in [-0.1, -0.05) is 52.4 Å². The molecular weight excluding hydrogens is 196 g/mol. The van der Waals surface area contributed by atoms with E-state index >= 15 is 0 Å². The van der Waals surface area contributed by atoms with E-state index in [-0.39, 0.29) is 0 Å². The lowest BCUT2D eigenvalue weighted by Crippen LogP contribution is -2.28. The monoisotopic (exact) mass is 228 g/mol. The van der Waals surface area contributed by atoms with Crippen LogP contribution in [0.5, 0.6) is 0 Å². The summed E-state index contributed by atoms with van der Waals surface area (Å²) in [6, 6.07) is 0. The molecule has 0 amide bonds. The van der Waals surface area contributed by atoms with Gasteiger partial charge >= 0.3 is 0 Å².